The minimum absolute atomic E-state index is 0.0393. The zero-order chi connectivity index (χ0) is 27.4. The smallest absolute Gasteiger partial charge is 0.131 e. The number of nitrogens with one attached hydrogen (secondary N) is 1. The van der Waals surface area contributed by atoms with Gasteiger partial charge in [-0.1, -0.05) is 85.6 Å². The number of para-hydroxylation sites is 1. The van der Waals surface area contributed by atoms with E-state index in [1.165, 1.54) is 87.7 Å². The maximum absolute atomic E-state index is 6.51. The summed E-state index contributed by atoms with van der Waals surface area (Å²) >= 11 is 1.81. The van der Waals surface area contributed by atoms with E-state index < -0.39 is 0 Å². The number of hydrogen-bond acceptors (Lipinski definition) is 4. The summed E-state index contributed by atoms with van der Waals surface area (Å²) in [6, 6.07) is 26.2. The fourth-order valence-electron chi connectivity index (χ4n) is 7.29. The second kappa shape index (κ2) is 9.85. The van der Waals surface area contributed by atoms with Gasteiger partial charge in [-0.25, -0.2) is 0 Å². The molecule has 1 saturated carbocycles. The van der Waals surface area contributed by atoms with Crippen LogP contribution in [0, 0.1) is 27.7 Å². The van der Waals surface area contributed by atoms with Crippen LogP contribution in [0.5, 0.6) is 11.5 Å². The lowest BCUT2D eigenvalue weighted by Crippen LogP contribution is -2.33. The Kier molecular flexibility index (Phi) is 6.27. The van der Waals surface area contributed by atoms with Crippen LogP contribution in [0.3, 0.4) is 0 Å². The van der Waals surface area contributed by atoms with Crippen molar-refractivity contribution in [3.63, 3.8) is 0 Å². The number of rotatable bonds is 3. The van der Waals surface area contributed by atoms with Crippen LogP contribution in [0.15, 0.2) is 77.9 Å². The minimum atomic E-state index is 0.0393. The lowest BCUT2D eigenvalue weighted by molar-refractivity contribution is 0.306. The van der Waals surface area contributed by atoms with Gasteiger partial charge >= 0.3 is 0 Å². The highest BCUT2D eigenvalue weighted by Crippen LogP contribution is 2.55. The molecule has 0 aromatic heterocycles. The van der Waals surface area contributed by atoms with E-state index in [0.29, 0.717) is 0 Å². The molecule has 3 nitrogen and oxygen atoms in total. The van der Waals surface area contributed by atoms with E-state index in [-0.39, 0.29) is 10.8 Å². The zero-order valence-corrected chi connectivity index (χ0v) is 24.6. The number of hydrazone groups is 1. The van der Waals surface area contributed by atoms with Crippen molar-refractivity contribution >= 4 is 16.8 Å². The van der Waals surface area contributed by atoms with Crippen molar-refractivity contribution in [2.24, 2.45) is 5.10 Å². The van der Waals surface area contributed by atoms with Crippen LogP contribution in [0.4, 0.5) is 0 Å². The fraction of sp³-hybridized carbons (Fsp3) is 0.306. The summed E-state index contributed by atoms with van der Waals surface area (Å²) in [5.74, 6) is 2.06. The van der Waals surface area contributed by atoms with Gasteiger partial charge < -0.3 is 4.74 Å². The Morgan fingerprint density at radius 3 is 2.12 bits per heavy atom. The molecule has 40 heavy (non-hydrogen) atoms. The molecule has 0 amide bonds. The molecular weight excluding hydrogens is 508 g/mol. The van der Waals surface area contributed by atoms with Gasteiger partial charge in [0, 0.05) is 22.1 Å². The molecule has 0 radical (unpaired) electrons. The van der Waals surface area contributed by atoms with Crippen molar-refractivity contribution in [2.45, 2.75) is 70.6 Å². The predicted molar refractivity (Wildman–Crippen MR) is 168 cm³/mol. The third kappa shape index (κ3) is 3.91. The molecule has 4 aromatic rings. The van der Waals surface area contributed by atoms with E-state index in [9.17, 15) is 0 Å². The molecule has 2 heterocycles. The molecule has 0 bridgehead atoms. The van der Waals surface area contributed by atoms with Crippen molar-refractivity contribution in [3.8, 4) is 22.6 Å². The normalized spacial score (nSPS) is 18.9. The first-order valence-corrected chi connectivity index (χ1v) is 15.4. The van der Waals surface area contributed by atoms with Crippen LogP contribution in [-0.2, 0) is 5.41 Å². The molecule has 1 unspecified atom stereocenters. The largest absolute Gasteiger partial charge is 0.457 e. The number of ether oxygens (including phenoxy) is 1. The molecule has 1 aliphatic carbocycles. The van der Waals surface area contributed by atoms with Crippen LogP contribution in [-0.4, -0.2) is 5.04 Å². The summed E-state index contributed by atoms with van der Waals surface area (Å²) in [6.45, 7) is 9.09. The third-order valence-corrected chi connectivity index (χ3v) is 10.7. The van der Waals surface area contributed by atoms with Gasteiger partial charge in [0.2, 0.25) is 0 Å². The number of thioether (sulfide) groups is 1. The van der Waals surface area contributed by atoms with E-state index >= 15 is 0 Å². The Balaban J connectivity index is 1.31. The molecule has 2 aliphatic heterocycles. The summed E-state index contributed by atoms with van der Waals surface area (Å²) in [6.07, 6.45) is 6.22. The second-order valence-electron chi connectivity index (χ2n) is 11.7. The van der Waals surface area contributed by atoms with Gasteiger partial charge in [-0.2, -0.15) is 5.10 Å². The molecule has 1 spiro atoms. The molecule has 1 N–H and O–H groups in total. The van der Waals surface area contributed by atoms with Crippen molar-refractivity contribution in [2.75, 3.05) is 0 Å². The Morgan fingerprint density at radius 2 is 1.38 bits per heavy atom. The first-order valence-electron chi connectivity index (χ1n) is 14.6. The fourth-order valence-corrected chi connectivity index (χ4v) is 8.44. The van der Waals surface area contributed by atoms with Crippen LogP contribution in [0.2, 0.25) is 0 Å². The van der Waals surface area contributed by atoms with Gasteiger partial charge in [0.15, 0.2) is 0 Å². The van der Waals surface area contributed by atoms with Crippen LogP contribution in [0.25, 0.3) is 11.1 Å². The Hall–Kier alpha value is -3.50. The van der Waals surface area contributed by atoms with E-state index in [0.717, 1.165) is 16.5 Å². The van der Waals surface area contributed by atoms with Gasteiger partial charge in [0.1, 0.15) is 21.9 Å². The Bertz CT molecular complexity index is 1620. The van der Waals surface area contributed by atoms with Crippen molar-refractivity contribution in [1.29, 1.82) is 0 Å². The highest BCUT2D eigenvalue weighted by Gasteiger charge is 2.43. The highest BCUT2D eigenvalue weighted by atomic mass is 32.2. The monoisotopic (exact) mass is 544 g/mol. The standard InChI is InChI=1S/C36H36N2OS/c1-22-24(3)33(35-38-37-34(40-35)26-13-7-5-8-14-26)25(4)23(2)32(22)27-17-18-31-29(21-27)36(19-11-6-12-20-36)28-15-9-10-16-30(28)39-31/h5,7-10,13-18,21,34,37H,6,11-12,19-20H2,1-4H3. The Labute approximate surface area is 242 Å². The van der Waals surface area contributed by atoms with E-state index in [4.69, 9.17) is 9.84 Å². The quantitative estimate of drug-likeness (QED) is 0.279. The number of fused-ring (bicyclic) bond motifs is 4. The zero-order valence-electron chi connectivity index (χ0n) is 23.8. The van der Waals surface area contributed by atoms with E-state index in [2.05, 4.69) is 106 Å². The molecule has 0 saturated heterocycles. The van der Waals surface area contributed by atoms with Crippen molar-refractivity contribution < 1.29 is 4.74 Å². The summed E-state index contributed by atoms with van der Waals surface area (Å²) < 4.78 is 6.51. The highest BCUT2D eigenvalue weighted by molar-refractivity contribution is 8.14. The molecule has 202 valence electrons. The number of nitrogens with zero attached hydrogens (tertiary/aromatic N) is 1. The summed E-state index contributed by atoms with van der Waals surface area (Å²) in [5.41, 5.74) is 16.6. The van der Waals surface area contributed by atoms with Gasteiger partial charge in [-0.3, -0.25) is 5.43 Å². The SMILES string of the molecule is Cc1c(C)c(-c2ccc3c(c2)C2(CCCCC2)c2ccccc2O3)c(C)c(C)c1C1=NNC(c2ccccc2)S1. The van der Waals surface area contributed by atoms with Crippen molar-refractivity contribution in [1.82, 2.24) is 5.43 Å². The average Bonchev–Trinajstić information content (AvgIpc) is 3.48. The lowest BCUT2D eigenvalue weighted by atomic mass is 9.63. The molecule has 7 rings (SSSR count). The number of hydrogen-bond donors (Lipinski definition) is 1. The topological polar surface area (TPSA) is 33.6 Å². The molecular formula is C36H36N2OS. The first kappa shape index (κ1) is 25.5. The number of benzene rings is 4. The first-order chi connectivity index (χ1) is 19.5. The van der Waals surface area contributed by atoms with Gasteiger partial charge in [0.05, 0.1) is 0 Å². The molecule has 4 aromatic carbocycles. The van der Waals surface area contributed by atoms with Crippen LogP contribution < -0.4 is 10.2 Å². The minimum Gasteiger partial charge on any atom is -0.457 e. The second-order valence-corrected chi connectivity index (χ2v) is 12.8. The predicted octanol–water partition coefficient (Wildman–Crippen LogP) is 9.64. The lowest BCUT2D eigenvalue weighted by Gasteiger charge is -2.43. The average molecular weight is 545 g/mol. The van der Waals surface area contributed by atoms with Crippen LogP contribution >= 0.6 is 11.8 Å². The Morgan fingerprint density at radius 1 is 0.725 bits per heavy atom. The summed E-state index contributed by atoms with van der Waals surface area (Å²) in [7, 11) is 0. The maximum atomic E-state index is 6.51. The van der Waals surface area contributed by atoms with Crippen molar-refractivity contribution in [3.05, 3.63) is 117 Å². The summed E-state index contributed by atoms with van der Waals surface area (Å²) in [4.78, 5) is 0. The molecule has 3 aliphatic rings. The molecule has 1 atom stereocenters. The molecule has 4 heteroatoms. The van der Waals surface area contributed by atoms with Gasteiger partial charge in [0.25, 0.3) is 0 Å². The third-order valence-electron chi connectivity index (χ3n) is 9.57. The molecule has 1 fully saturated rings. The van der Waals surface area contributed by atoms with E-state index in [1.54, 1.807) is 0 Å². The maximum Gasteiger partial charge on any atom is 0.131 e. The van der Waals surface area contributed by atoms with Gasteiger partial charge in [-0.05, 0) is 97.7 Å². The van der Waals surface area contributed by atoms with Gasteiger partial charge in [-0.15, -0.1) is 0 Å². The van der Waals surface area contributed by atoms with Crippen LogP contribution in [0.1, 0.15) is 82.0 Å². The van der Waals surface area contributed by atoms with E-state index in [1.807, 2.05) is 11.8 Å². The summed E-state index contributed by atoms with van der Waals surface area (Å²) in [5, 5.41) is 6.04.